The lowest BCUT2D eigenvalue weighted by Gasteiger charge is -2.44. The average molecular weight is 439 g/mol. The van der Waals surface area contributed by atoms with Crippen molar-refractivity contribution in [2.75, 3.05) is 13.1 Å². The van der Waals surface area contributed by atoms with Gasteiger partial charge < -0.3 is 19.1 Å². The summed E-state index contributed by atoms with van der Waals surface area (Å²) in [6.45, 7) is 7.23. The molecule has 1 fully saturated rings. The summed E-state index contributed by atoms with van der Waals surface area (Å²) in [4.78, 5) is 19.7. The van der Waals surface area contributed by atoms with Crippen LogP contribution >= 0.6 is 11.3 Å². The first-order valence-corrected chi connectivity index (χ1v) is 11.5. The summed E-state index contributed by atoms with van der Waals surface area (Å²) >= 11 is 1.65. The second-order valence-corrected chi connectivity index (χ2v) is 10.0. The molecule has 5 rings (SSSR count). The fourth-order valence-corrected chi connectivity index (χ4v) is 4.75. The number of ether oxygens (including phenoxy) is 3. The Labute approximate surface area is 185 Å². The third-order valence-corrected chi connectivity index (χ3v) is 6.50. The fraction of sp³-hybridized carbons (Fsp3) is 0.417. The van der Waals surface area contributed by atoms with Gasteiger partial charge in [-0.1, -0.05) is 6.07 Å². The summed E-state index contributed by atoms with van der Waals surface area (Å²) < 4.78 is 18.0. The maximum absolute atomic E-state index is 12.3. The Morgan fingerprint density at radius 3 is 2.74 bits per heavy atom. The van der Waals surface area contributed by atoms with E-state index in [0.717, 1.165) is 32.7 Å². The Balaban J connectivity index is 1.29. The molecule has 0 bridgehead atoms. The number of fused-ring (bicyclic) bond motifs is 2. The molecule has 0 radical (unpaired) electrons. The average Bonchev–Trinajstić information content (AvgIpc) is 3.20. The minimum Gasteiger partial charge on any atom is -0.462 e. The first-order chi connectivity index (χ1) is 14.8. The highest BCUT2D eigenvalue weighted by Gasteiger charge is 2.42. The smallest absolute Gasteiger partial charge is 0.410 e. The first kappa shape index (κ1) is 20.3. The molecule has 7 heteroatoms. The van der Waals surface area contributed by atoms with E-state index in [1.165, 1.54) is 0 Å². The molecule has 162 valence electrons. The van der Waals surface area contributed by atoms with Gasteiger partial charge in [0, 0.05) is 48.6 Å². The van der Waals surface area contributed by atoms with E-state index in [-0.39, 0.29) is 6.09 Å². The number of aromatic nitrogens is 1. The molecule has 6 nitrogen and oxygen atoms in total. The molecule has 1 spiro atoms. The van der Waals surface area contributed by atoms with Crippen molar-refractivity contribution in [2.24, 2.45) is 0 Å². The minimum absolute atomic E-state index is 0.278. The number of thiophene rings is 1. The summed E-state index contributed by atoms with van der Waals surface area (Å²) in [6.07, 6.45) is 2.87. The number of hydrogen-bond acceptors (Lipinski definition) is 6. The normalized spacial score (nSPS) is 18.0. The Morgan fingerprint density at radius 2 is 1.97 bits per heavy atom. The SMILES string of the molecule is CC(C)(C)OC(=O)N1CCC2(CC1)OCc1cc(-c3cnc4sccc4c3)ccc1O2. The number of carbonyl (C=O) groups excluding carboxylic acids is 1. The van der Waals surface area contributed by atoms with Crippen LogP contribution in [0, 0.1) is 0 Å². The van der Waals surface area contributed by atoms with Crippen molar-refractivity contribution >= 4 is 27.6 Å². The van der Waals surface area contributed by atoms with Crippen LogP contribution in [0.4, 0.5) is 4.79 Å². The quantitative estimate of drug-likeness (QED) is 0.495. The zero-order valence-corrected chi connectivity index (χ0v) is 18.8. The summed E-state index contributed by atoms with van der Waals surface area (Å²) in [5, 5.41) is 3.22. The molecule has 4 heterocycles. The van der Waals surface area contributed by atoms with E-state index < -0.39 is 11.4 Å². The van der Waals surface area contributed by atoms with E-state index >= 15 is 0 Å². The molecule has 2 aromatic heterocycles. The molecule has 0 unspecified atom stereocenters. The zero-order chi connectivity index (χ0) is 21.6. The van der Waals surface area contributed by atoms with Crippen LogP contribution in [-0.4, -0.2) is 40.5 Å². The number of amides is 1. The molecule has 2 aliphatic heterocycles. The summed E-state index contributed by atoms with van der Waals surface area (Å²) in [6, 6.07) is 10.5. The van der Waals surface area contributed by atoms with E-state index in [0.29, 0.717) is 32.5 Å². The zero-order valence-electron chi connectivity index (χ0n) is 18.0. The molecular formula is C24H26N2O4S. The van der Waals surface area contributed by atoms with E-state index in [9.17, 15) is 4.79 Å². The van der Waals surface area contributed by atoms with Gasteiger partial charge in [-0.15, -0.1) is 11.3 Å². The predicted molar refractivity (Wildman–Crippen MR) is 120 cm³/mol. The molecule has 1 aromatic carbocycles. The van der Waals surface area contributed by atoms with Crippen LogP contribution < -0.4 is 4.74 Å². The molecule has 0 atom stereocenters. The Kier molecular flexibility index (Phi) is 4.90. The molecule has 31 heavy (non-hydrogen) atoms. The Morgan fingerprint density at radius 1 is 1.16 bits per heavy atom. The fourth-order valence-electron chi connectivity index (χ4n) is 4.03. The van der Waals surface area contributed by atoms with Gasteiger partial charge in [0.05, 0.1) is 6.61 Å². The lowest BCUT2D eigenvalue weighted by atomic mass is 9.99. The van der Waals surface area contributed by atoms with E-state index in [1.807, 2.05) is 33.0 Å². The molecule has 3 aromatic rings. The molecule has 2 aliphatic rings. The summed E-state index contributed by atoms with van der Waals surface area (Å²) in [7, 11) is 0. The van der Waals surface area contributed by atoms with Gasteiger partial charge in [-0.3, -0.25) is 0 Å². The van der Waals surface area contributed by atoms with Crippen molar-refractivity contribution in [3.05, 3.63) is 47.5 Å². The first-order valence-electron chi connectivity index (χ1n) is 10.6. The summed E-state index contributed by atoms with van der Waals surface area (Å²) in [5.74, 6) is 0.176. The number of nitrogens with zero attached hydrogens (tertiary/aromatic N) is 2. The third kappa shape index (κ3) is 4.12. The van der Waals surface area contributed by atoms with Crippen molar-refractivity contribution in [2.45, 2.75) is 51.6 Å². The molecule has 1 saturated heterocycles. The Hall–Kier alpha value is -2.64. The van der Waals surface area contributed by atoms with Crippen molar-refractivity contribution in [3.63, 3.8) is 0 Å². The largest absolute Gasteiger partial charge is 0.462 e. The van der Waals surface area contributed by atoms with Gasteiger partial charge in [0.25, 0.3) is 0 Å². The second-order valence-electron chi connectivity index (χ2n) is 9.13. The highest BCUT2D eigenvalue weighted by molar-refractivity contribution is 7.16. The third-order valence-electron chi connectivity index (χ3n) is 5.66. The highest BCUT2D eigenvalue weighted by Crippen LogP contribution is 2.39. The lowest BCUT2D eigenvalue weighted by molar-refractivity contribution is -0.226. The topological polar surface area (TPSA) is 60.9 Å². The maximum Gasteiger partial charge on any atom is 0.410 e. The van der Waals surface area contributed by atoms with Gasteiger partial charge in [-0.25, -0.2) is 9.78 Å². The molecule has 0 saturated carbocycles. The van der Waals surface area contributed by atoms with Crippen LogP contribution in [0.5, 0.6) is 5.75 Å². The van der Waals surface area contributed by atoms with Gasteiger partial charge in [-0.05, 0) is 56.0 Å². The standard InChI is InChI=1S/C24H26N2O4S/c1-23(2,3)30-22(27)26-9-7-24(8-10-26)28-15-19-12-16(4-5-20(19)29-24)18-13-17-6-11-31-21(17)25-14-18/h4-6,11-14H,7-10,15H2,1-3H3. The van der Waals surface area contributed by atoms with Crippen LogP contribution in [-0.2, 0) is 16.1 Å². The van der Waals surface area contributed by atoms with Crippen LogP contribution in [0.15, 0.2) is 41.9 Å². The number of piperidine rings is 1. The van der Waals surface area contributed by atoms with Gasteiger partial charge in [0.2, 0.25) is 5.79 Å². The number of hydrogen-bond donors (Lipinski definition) is 0. The van der Waals surface area contributed by atoms with Gasteiger partial charge in [0.15, 0.2) is 0 Å². The van der Waals surface area contributed by atoms with Crippen LogP contribution in [0.1, 0.15) is 39.2 Å². The predicted octanol–water partition coefficient (Wildman–Crippen LogP) is 5.60. The number of rotatable bonds is 1. The van der Waals surface area contributed by atoms with Gasteiger partial charge >= 0.3 is 6.09 Å². The highest BCUT2D eigenvalue weighted by atomic mass is 32.1. The molecule has 0 N–H and O–H groups in total. The molecular weight excluding hydrogens is 412 g/mol. The molecule has 0 aliphatic carbocycles. The van der Waals surface area contributed by atoms with Crippen molar-refractivity contribution in [1.29, 1.82) is 0 Å². The maximum atomic E-state index is 12.3. The molecule has 1 amide bonds. The number of carbonyl (C=O) groups is 1. The monoisotopic (exact) mass is 438 g/mol. The van der Waals surface area contributed by atoms with Crippen LogP contribution in [0.25, 0.3) is 21.3 Å². The van der Waals surface area contributed by atoms with Crippen molar-refractivity contribution < 1.29 is 19.0 Å². The number of pyridine rings is 1. The van der Waals surface area contributed by atoms with Gasteiger partial charge in [-0.2, -0.15) is 0 Å². The van der Waals surface area contributed by atoms with E-state index in [4.69, 9.17) is 14.2 Å². The van der Waals surface area contributed by atoms with E-state index in [1.54, 1.807) is 16.2 Å². The summed E-state index contributed by atoms with van der Waals surface area (Å²) in [5.41, 5.74) is 2.72. The number of likely N-dealkylation sites (tertiary alicyclic amines) is 1. The van der Waals surface area contributed by atoms with Crippen LogP contribution in [0.3, 0.4) is 0 Å². The van der Waals surface area contributed by atoms with Crippen molar-refractivity contribution in [1.82, 2.24) is 9.88 Å². The Bertz CT molecular complexity index is 1130. The minimum atomic E-state index is -0.676. The number of benzene rings is 1. The van der Waals surface area contributed by atoms with Crippen molar-refractivity contribution in [3.8, 4) is 16.9 Å². The second kappa shape index (κ2) is 7.50. The van der Waals surface area contributed by atoms with E-state index in [2.05, 4.69) is 34.6 Å². The van der Waals surface area contributed by atoms with Crippen LogP contribution in [0.2, 0.25) is 0 Å². The van der Waals surface area contributed by atoms with Gasteiger partial charge in [0.1, 0.15) is 16.2 Å². The lowest BCUT2D eigenvalue weighted by Crippen LogP contribution is -2.53.